The first-order valence-electron chi connectivity index (χ1n) is 7.35. The summed E-state index contributed by atoms with van der Waals surface area (Å²) in [6, 6.07) is 8.45. The minimum atomic E-state index is 0.731. The largest absolute Gasteiger partial charge is 0.384 e. The predicted octanol–water partition coefficient (Wildman–Crippen LogP) is 3.42. The van der Waals surface area contributed by atoms with E-state index in [0.717, 1.165) is 25.2 Å². The van der Waals surface area contributed by atoms with Crippen molar-refractivity contribution in [1.29, 1.82) is 0 Å². The van der Waals surface area contributed by atoms with Crippen LogP contribution in [0, 0.1) is 0 Å². The highest BCUT2D eigenvalue weighted by atomic mass is 15.2. The third-order valence-corrected chi connectivity index (χ3v) is 4.63. The Morgan fingerprint density at radius 2 is 2.00 bits per heavy atom. The molecule has 1 saturated heterocycles. The molecule has 2 nitrogen and oxygen atoms in total. The van der Waals surface area contributed by atoms with Gasteiger partial charge in [-0.15, -0.1) is 0 Å². The first kappa shape index (κ1) is 12.0. The lowest BCUT2D eigenvalue weighted by Crippen LogP contribution is -2.42. The molecule has 2 aliphatic rings. The van der Waals surface area contributed by atoms with Gasteiger partial charge in [0.2, 0.25) is 0 Å². The molecule has 0 aliphatic carbocycles. The van der Waals surface area contributed by atoms with E-state index in [4.69, 9.17) is 0 Å². The Bertz CT molecular complexity index is 417. The van der Waals surface area contributed by atoms with Gasteiger partial charge in [0.15, 0.2) is 0 Å². The maximum atomic E-state index is 3.48. The van der Waals surface area contributed by atoms with Crippen molar-refractivity contribution in [1.82, 2.24) is 4.90 Å². The van der Waals surface area contributed by atoms with Crippen molar-refractivity contribution in [2.24, 2.45) is 0 Å². The summed E-state index contributed by atoms with van der Waals surface area (Å²) in [6.07, 6.45) is 5.29. The fourth-order valence-corrected chi connectivity index (χ4v) is 3.43. The van der Waals surface area contributed by atoms with Crippen LogP contribution in [0.1, 0.15) is 44.2 Å². The molecule has 0 radical (unpaired) electrons. The quantitative estimate of drug-likeness (QED) is 0.857. The van der Waals surface area contributed by atoms with Crippen molar-refractivity contribution in [2.45, 2.75) is 58.2 Å². The Morgan fingerprint density at radius 3 is 2.78 bits per heavy atom. The summed E-state index contributed by atoms with van der Waals surface area (Å²) < 4.78 is 0. The number of piperidine rings is 1. The van der Waals surface area contributed by atoms with Gasteiger partial charge in [-0.2, -0.15) is 0 Å². The van der Waals surface area contributed by atoms with E-state index < -0.39 is 0 Å². The molecule has 2 heteroatoms. The molecule has 1 aromatic carbocycles. The highest BCUT2D eigenvalue weighted by molar-refractivity contribution is 5.57. The molecule has 0 bridgehead atoms. The molecule has 0 amide bonds. The second-order valence-corrected chi connectivity index (χ2v) is 5.97. The van der Waals surface area contributed by atoms with Crippen molar-refractivity contribution in [2.75, 3.05) is 11.9 Å². The molecule has 3 rings (SSSR count). The van der Waals surface area contributed by atoms with E-state index in [0.29, 0.717) is 0 Å². The summed E-state index contributed by atoms with van der Waals surface area (Å²) in [5.74, 6) is 0. The first-order chi connectivity index (χ1) is 8.74. The average molecular weight is 244 g/mol. The summed E-state index contributed by atoms with van der Waals surface area (Å²) in [5.41, 5.74) is 4.31. The van der Waals surface area contributed by atoms with Crippen LogP contribution in [0.4, 0.5) is 5.69 Å². The minimum Gasteiger partial charge on any atom is -0.384 e. The number of hydrogen-bond acceptors (Lipinski definition) is 2. The molecule has 18 heavy (non-hydrogen) atoms. The zero-order valence-corrected chi connectivity index (χ0v) is 11.6. The number of nitrogens with zero attached hydrogens (tertiary/aromatic N) is 1. The maximum absolute atomic E-state index is 3.48. The summed E-state index contributed by atoms with van der Waals surface area (Å²) >= 11 is 0. The molecule has 0 aromatic heterocycles. The third kappa shape index (κ3) is 2.26. The van der Waals surface area contributed by atoms with Crippen molar-refractivity contribution in [3.63, 3.8) is 0 Å². The van der Waals surface area contributed by atoms with Crippen molar-refractivity contribution >= 4 is 5.69 Å². The molecule has 2 atom stereocenters. The number of hydrogen-bond donors (Lipinski definition) is 1. The molecule has 2 unspecified atom stereocenters. The van der Waals surface area contributed by atoms with Gasteiger partial charge < -0.3 is 5.32 Å². The van der Waals surface area contributed by atoms with Crippen LogP contribution < -0.4 is 5.32 Å². The van der Waals surface area contributed by atoms with Crippen molar-refractivity contribution in [3.05, 3.63) is 29.3 Å². The molecular weight excluding hydrogens is 220 g/mol. The van der Waals surface area contributed by atoms with Crippen LogP contribution >= 0.6 is 0 Å². The van der Waals surface area contributed by atoms with Crippen LogP contribution in [0.5, 0.6) is 0 Å². The van der Waals surface area contributed by atoms with Crippen LogP contribution in [0.3, 0.4) is 0 Å². The highest BCUT2D eigenvalue weighted by Gasteiger charge is 2.24. The van der Waals surface area contributed by atoms with Gasteiger partial charge in [-0.1, -0.05) is 18.6 Å². The Balaban J connectivity index is 1.75. The lowest BCUT2D eigenvalue weighted by atomic mass is 9.96. The second-order valence-electron chi connectivity index (χ2n) is 5.97. The summed E-state index contributed by atoms with van der Waals surface area (Å²) in [4.78, 5) is 2.67. The first-order valence-corrected chi connectivity index (χ1v) is 7.35. The van der Waals surface area contributed by atoms with Gasteiger partial charge in [-0.05, 0) is 50.3 Å². The lowest BCUT2D eigenvalue weighted by Gasteiger charge is -2.39. The zero-order valence-electron chi connectivity index (χ0n) is 11.6. The van der Waals surface area contributed by atoms with E-state index in [9.17, 15) is 0 Å². The Hall–Kier alpha value is -1.02. The molecule has 0 spiro atoms. The molecule has 2 aliphatic heterocycles. The standard InChI is InChI=1S/C16H24N2/c1-12-4-3-5-13(2)18(12)11-14-6-7-15-8-9-17-16(15)10-14/h6-7,10,12-13,17H,3-5,8-9,11H2,1-2H3. The van der Waals surface area contributed by atoms with E-state index in [2.05, 4.69) is 42.3 Å². The van der Waals surface area contributed by atoms with Gasteiger partial charge in [0.05, 0.1) is 0 Å². The number of nitrogens with one attached hydrogen (secondary N) is 1. The molecule has 1 aromatic rings. The Morgan fingerprint density at radius 1 is 1.22 bits per heavy atom. The van der Waals surface area contributed by atoms with Crippen LogP contribution in [0.15, 0.2) is 18.2 Å². The Labute approximate surface area is 110 Å². The van der Waals surface area contributed by atoms with E-state index in [1.54, 1.807) is 0 Å². The summed E-state index contributed by atoms with van der Waals surface area (Å²) in [5, 5.41) is 3.48. The monoisotopic (exact) mass is 244 g/mol. The van der Waals surface area contributed by atoms with E-state index >= 15 is 0 Å². The number of anilines is 1. The van der Waals surface area contributed by atoms with Gasteiger partial charge in [0.25, 0.3) is 0 Å². The minimum absolute atomic E-state index is 0.731. The van der Waals surface area contributed by atoms with E-state index in [1.807, 2.05) is 0 Å². The Kier molecular flexibility index (Phi) is 3.29. The summed E-state index contributed by atoms with van der Waals surface area (Å²) in [7, 11) is 0. The smallest absolute Gasteiger partial charge is 0.0376 e. The SMILES string of the molecule is CC1CCCC(C)N1Cc1ccc2c(c1)NCC2. The van der Waals surface area contributed by atoms with Crippen LogP contribution in [-0.4, -0.2) is 23.5 Å². The molecule has 98 valence electrons. The lowest BCUT2D eigenvalue weighted by molar-refractivity contribution is 0.0953. The van der Waals surface area contributed by atoms with E-state index in [-0.39, 0.29) is 0 Å². The van der Waals surface area contributed by atoms with E-state index in [1.165, 1.54) is 42.5 Å². The number of likely N-dealkylation sites (tertiary alicyclic amines) is 1. The number of benzene rings is 1. The van der Waals surface area contributed by atoms with Crippen LogP contribution in [0.25, 0.3) is 0 Å². The van der Waals surface area contributed by atoms with Crippen molar-refractivity contribution < 1.29 is 0 Å². The maximum Gasteiger partial charge on any atom is 0.0376 e. The number of fused-ring (bicyclic) bond motifs is 1. The zero-order chi connectivity index (χ0) is 12.5. The topological polar surface area (TPSA) is 15.3 Å². The third-order valence-electron chi connectivity index (χ3n) is 4.63. The number of rotatable bonds is 2. The molecule has 1 N–H and O–H groups in total. The molecular formula is C16H24N2. The van der Waals surface area contributed by atoms with Gasteiger partial charge in [0, 0.05) is 30.9 Å². The predicted molar refractivity (Wildman–Crippen MR) is 77.0 cm³/mol. The fourth-order valence-electron chi connectivity index (χ4n) is 3.43. The normalized spacial score (nSPS) is 27.9. The molecule has 0 saturated carbocycles. The van der Waals surface area contributed by atoms with Crippen LogP contribution in [0.2, 0.25) is 0 Å². The van der Waals surface area contributed by atoms with Gasteiger partial charge in [-0.25, -0.2) is 0 Å². The molecule has 2 heterocycles. The van der Waals surface area contributed by atoms with Gasteiger partial charge >= 0.3 is 0 Å². The van der Waals surface area contributed by atoms with Gasteiger partial charge in [0.1, 0.15) is 0 Å². The second kappa shape index (κ2) is 4.93. The van der Waals surface area contributed by atoms with Gasteiger partial charge in [-0.3, -0.25) is 4.90 Å². The summed E-state index contributed by atoms with van der Waals surface area (Å²) in [6.45, 7) is 6.97. The average Bonchev–Trinajstić information content (AvgIpc) is 2.81. The molecule has 1 fully saturated rings. The fraction of sp³-hybridized carbons (Fsp3) is 0.625. The van der Waals surface area contributed by atoms with Crippen LogP contribution in [-0.2, 0) is 13.0 Å². The highest BCUT2D eigenvalue weighted by Crippen LogP contribution is 2.27. The van der Waals surface area contributed by atoms with Crippen molar-refractivity contribution in [3.8, 4) is 0 Å².